The second-order valence-corrected chi connectivity index (χ2v) is 7.22. The maximum atomic E-state index is 12.8. The first kappa shape index (κ1) is 21.9. The molecule has 0 spiro atoms. The summed E-state index contributed by atoms with van der Waals surface area (Å²) in [6.45, 7) is 5.62. The van der Waals surface area contributed by atoms with Crippen molar-refractivity contribution in [3.63, 3.8) is 0 Å². The fourth-order valence-corrected chi connectivity index (χ4v) is 3.09. The highest BCUT2D eigenvalue weighted by molar-refractivity contribution is 6.06. The minimum atomic E-state index is -0.321. The van der Waals surface area contributed by atoms with Gasteiger partial charge in [0.05, 0.1) is 12.7 Å². The first-order chi connectivity index (χ1) is 14.9. The Hall–Kier alpha value is -3.80. The summed E-state index contributed by atoms with van der Waals surface area (Å²) in [4.78, 5) is 25.2. The molecular formula is C25H26N2O4. The van der Waals surface area contributed by atoms with Crippen LogP contribution in [0.3, 0.4) is 0 Å². The van der Waals surface area contributed by atoms with Gasteiger partial charge in [-0.05, 0) is 73.9 Å². The third-order valence-electron chi connectivity index (χ3n) is 5.05. The number of benzene rings is 3. The van der Waals surface area contributed by atoms with Crippen LogP contribution < -0.4 is 20.1 Å². The minimum Gasteiger partial charge on any atom is -0.497 e. The molecule has 2 amide bonds. The molecule has 6 nitrogen and oxygen atoms in total. The zero-order valence-corrected chi connectivity index (χ0v) is 18.1. The van der Waals surface area contributed by atoms with Gasteiger partial charge in [-0.2, -0.15) is 0 Å². The third kappa shape index (κ3) is 5.42. The molecule has 6 heteroatoms. The van der Waals surface area contributed by atoms with E-state index in [2.05, 4.69) is 10.6 Å². The van der Waals surface area contributed by atoms with Crippen molar-refractivity contribution in [1.82, 2.24) is 0 Å². The quantitative estimate of drug-likeness (QED) is 0.573. The van der Waals surface area contributed by atoms with E-state index in [1.807, 2.05) is 45.0 Å². The van der Waals surface area contributed by atoms with E-state index in [1.165, 1.54) is 0 Å². The molecule has 0 radical (unpaired) electrons. The predicted molar refractivity (Wildman–Crippen MR) is 122 cm³/mol. The molecule has 0 aliphatic heterocycles. The van der Waals surface area contributed by atoms with E-state index in [1.54, 1.807) is 43.5 Å². The van der Waals surface area contributed by atoms with Crippen LogP contribution in [0.5, 0.6) is 11.5 Å². The van der Waals surface area contributed by atoms with Gasteiger partial charge in [0, 0.05) is 11.4 Å². The second kappa shape index (κ2) is 9.80. The van der Waals surface area contributed by atoms with Crippen molar-refractivity contribution in [2.24, 2.45) is 0 Å². The number of ether oxygens (including phenoxy) is 2. The number of aryl methyl sites for hydroxylation is 2. The van der Waals surface area contributed by atoms with Crippen LogP contribution in [0, 0.1) is 20.8 Å². The van der Waals surface area contributed by atoms with Gasteiger partial charge in [0.2, 0.25) is 0 Å². The number of hydrogen-bond donors (Lipinski definition) is 2. The Balaban J connectivity index is 1.68. The minimum absolute atomic E-state index is 0.209. The first-order valence-corrected chi connectivity index (χ1v) is 9.93. The van der Waals surface area contributed by atoms with Crippen LogP contribution in [0.2, 0.25) is 0 Å². The van der Waals surface area contributed by atoms with E-state index in [0.29, 0.717) is 22.7 Å². The Kier molecular flexibility index (Phi) is 6.92. The summed E-state index contributed by atoms with van der Waals surface area (Å²) in [6.07, 6.45) is 0. The number of nitrogens with one attached hydrogen (secondary N) is 2. The molecule has 0 atom stereocenters. The van der Waals surface area contributed by atoms with Gasteiger partial charge in [0.25, 0.3) is 11.8 Å². The summed E-state index contributed by atoms with van der Waals surface area (Å²) in [5.41, 5.74) is 4.74. The molecule has 31 heavy (non-hydrogen) atoms. The van der Waals surface area contributed by atoms with E-state index in [0.717, 1.165) is 22.4 Å². The number of amides is 2. The van der Waals surface area contributed by atoms with Crippen LogP contribution in [-0.4, -0.2) is 25.5 Å². The lowest BCUT2D eigenvalue weighted by Gasteiger charge is -2.14. The first-order valence-electron chi connectivity index (χ1n) is 9.93. The third-order valence-corrected chi connectivity index (χ3v) is 5.05. The van der Waals surface area contributed by atoms with Crippen molar-refractivity contribution in [3.05, 3.63) is 82.9 Å². The lowest BCUT2D eigenvalue weighted by atomic mass is 10.1. The van der Waals surface area contributed by atoms with Gasteiger partial charge in [0.15, 0.2) is 6.61 Å². The molecule has 0 saturated heterocycles. The Labute approximate surface area is 182 Å². The summed E-state index contributed by atoms with van der Waals surface area (Å²) in [5, 5.41) is 5.74. The van der Waals surface area contributed by atoms with Crippen molar-refractivity contribution < 1.29 is 19.1 Å². The summed E-state index contributed by atoms with van der Waals surface area (Å²) >= 11 is 0. The van der Waals surface area contributed by atoms with Crippen LogP contribution in [0.25, 0.3) is 0 Å². The summed E-state index contributed by atoms with van der Waals surface area (Å²) in [6, 6.07) is 18.0. The van der Waals surface area contributed by atoms with Crippen molar-refractivity contribution >= 4 is 23.2 Å². The zero-order valence-electron chi connectivity index (χ0n) is 18.1. The van der Waals surface area contributed by atoms with E-state index in [4.69, 9.17) is 9.47 Å². The highest BCUT2D eigenvalue weighted by atomic mass is 16.5. The van der Waals surface area contributed by atoms with Crippen LogP contribution in [0.1, 0.15) is 27.0 Å². The fourth-order valence-electron chi connectivity index (χ4n) is 3.09. The molecule has 3 aromatic carbocycles. The van der Waals surface area contributed by atoms with Crippen molar-refractivity contribution in [2.75, 3.05) is 24.4 Å². The van der Waals surface area contributed by atoms with Gasteiger partial charge in [-0.3, -0.25) is 9.59 Å². The second-order valence-electron chi connectivity index (χ2n) is 7.22. The van der Waals surface area contributed by atoms with Gasteiger partial charge < -0.3 is 20.1 Å². The largest absolute Gasteiger partial charge is 0.497 e. The smallest absolute Gasteiger partial charge is 0.262 e. The highest BCUT2D eigenvalue weighted by Crippen LogP contribution is 2.24. The number of rotatable bonds is 7. The summed E-state index contributed by atoms with van der Waals surface area (Å²) in [5.74, 6) is 0.435. The van der Waals surface area contributed by atoms with E-state index in [9.17, 15) is 9.59 Å². The number of carbonyl (C=O) groups is 2. The Bertz CT molecular complexity index is 1110. The molecular weight excluding hydrogens is 392 g/mol. The molecule has 3 aromatic rings. The Morgan fingerprint density at radius 2 is 1.61 bits per heavy atom. The van der Waals surface area contributed by atoms with E-state index in [-0.39, 0.29) is 18.4 Å². The molecule has 2 N–H and O–H groups in total. The highest BCUT2D eigenvalue weighted by Gasteiger charge is 2.15. The number of hydrogen-bond acceptors (Lipinski definition) is 4. The number of methoxy groups -OCH3 is 1. The van der Waals surface area contributed by atoms with Crippen LogP contribution in [-0.2, 0) is 4.79 Å². The normalized spacial score (nSPS) is 10.3. The molecule has 0 bridgehead atoms. The molecule has 0 fully saturated rings. The Morgan fingerprint density at radius 1 is 0.839 bits per heavy atom. The molecule has 0 aliphatic rings. The molecule has 0 aromatic heterocycles. The van der Waals surface area contributed by atoms with Crippen molar-refractivity contribution in [3.8, 4) is 11.5 Å². The van der Waals surface area contributed by atoms with Gasteiger partial charge >= 0.3 is 0 Å². The topological polar surface area (TPSA) is 76.7 Å². The number of carbonyl (C=O) groups excluding carboxylic acids is 2. The standard InChI is InChI=1S/C25H26N2O4/c1-16-8-7-10-22(18(16)3)26-24(28)15-31-23-11-6-5-9-20(23)25(29)27-21-13-12-19(30-4)14-17(21)2/h5-14H,15H2,1-4H3,(H,26,28)(H,27,29). The molecule has 0 heterocycles. The number of anilines is 2. The van der Waals surface area contributed by atoms with E-state index < -0.39 is 0 Å². The monoisotopic (exact) mass is 418 g/mol. The van der Waals surface area contributed by atoms with Crippen molar-refractivity contribution in [2.45, 2.75) is 20.8 Å². The Morgan fingerprint density at radius 3 is 2.35 bits per heavy atom. The molecule has 0 saturated carbocycles. The lowest BCUT2D eigenvalue weighted by Crippen LogP contribution is -2.22. The lowest BCUT2D eigenvalue weighted by molar-refractivity contribution is -0.118. The molecule has 0 unspecified atom stereocenters. The van der Waals surface area contributed by atoms with Gasteiger partial charge in [-0.15, -0.1) is 0 Å². The van der Waals surface area contributed by atoms with Gasteiger partial charge in [-0.1, -0.05) is 24.3 Å². The van der Waals surface area contributed by atoms with Gasteiger partial charge in [0.1, 0.15) is 11.5 Å². The average Bonchev–Trinajstić information content (AvgIpc) is 2.77. The molecule has 0 aliphatic carbocycles. The maximum Gasteiger partial charge on any atom is 0.262 e. The summed E-state index contributed by atoms with van der Waals surface area (Å²) < 4.78 is 10.9. The van der Waals surface area contributed by atoms with Crippen molar-refractivity contribution in [1.29, 1.82) is 0 Å². The van der Waals surface area contributed by atoms with Crippen LogP contribution >= 0.6 is 0 Å². The SMILES string of the molecule is COc1ccc(NC(=O)c2ccccc2OCC(=O)Nc2cccc(C)c2C)c(C)c1. The summed E-state index contributed by atoms with van der Waals surface area (Å²) in [7, 11) is 1.59. The number of para-hydroxylation sites is 1. The van der Waals surface area contributed by atoms with Crippen LogP contribution in [0.4, 0.5) is 11.4 Å². The maximum absolute atomic E-state index is 12.8. The fraction of sp³-hybridized carbons (Fsp3) is 0.200. The average molecular weight is 418 g/mol. The van der Waals surface area contributed by atoms with E-state index >= 15 is 0 Å². The predicted octanol–water partition coefficient (Wildman–Crippen LogP) is 4.89. The van der Waals surface area contributed by atoms with Gasteiger partial charge in [-0.25, -0.2) is 0 Å². The molecule has 3 rings (SSSR count). The molecule has 160 valence electrons. The zero-order chi connectivity index (χ0) is 22.4. The van der Waals surface area contributed by atoms with Crippen LogP contribution in [0.15, 0.2) is 60.7 Å².